The molecule has 0 spiro atoms. The molecule has 21 heavy (non-hydrogen) atoms. The summed E-state index contributed by atoms with van der Waals surface area (Å²) in [6.07, 6.45) is -0.814. The van der Waals surface area contributed by atoms with Gasteiger partial charge in [0.05, 0.1) is 19.3 Å². The van der Waals surface area contributed by atoms with Crippen molar-refractivity contribution in [2.24, 2.45) is 0 Å². The van der Waals surface area contributed by atoms with Gasteiger partial charge in [-0.05, 0) is 34.6 Å². The molecule has 1 N–H and O–H groups in total. The zero-order valence-corrected chi connectivity index (χ0v) is 13.7. The summed E-state index contributed by atoms with van der Waals surface area (Å²) in [6.45, 7) is 9.84. The average Bonchev–Trinajstić information content (AvgIpc) is 2.66. The van der Waals surface area contributed by atoms with Crippen LogP contribution in [-0.4, -0.2) is 56.7 Å². The Hall–Kier alpha value is -0.890. The van der Waals surface area contributed by atoms with Gasteiger partial charge in [0.2, 0.25) is 0 Å². The molecule has 1 rings (SSSR count). The maximum absolute atomic E-state index is 11.9. The number of nitrogens with one attached hydrogen (secondary N) is 1. The normalized spacial score (nSPS) is 22.9. The number of ether oxygens (including phenoxy) is 5. The average molecular weight is 305 g/mol. The van der Waals surface area contributed by atoms with Crippen LogP contribution < -0.4 is 5.32 Å². The lowest BCUT2D eigenvalue weighted by Crippen LogP contribution is -2.49. The number of carbonyl (C=O) groups excluding carboxylic acids is 1. The highest BCUT2D eigenvalue weighted by atomic mass is 16.7. The largest absolute Gasteiger partial charge is 0.444 e. The van der Waals surface area contributed by atoms with E-state index < -0.39 is 17.5 Å². The van der Waals surface area contributed by atoms with Crippen LogP contribution in [0.2, 0.25) is 0 Å². The third kappa shape index (κ3) is 7.08. The summed E-state index contributed by atoms with van der Waals surface area (Å²) >= 11 is 0. The molecule has 0 radical (unpaired) electrons. The second-order valence-electron chi connectivity index (χ2n) is 6.40. The predicted octanol–water partition coefficient (Wildman–Crippen LogP) is 1.65. The molecule has 124 valence electrons. The Morgan fingerprint density at radius 1 is 1.43 bits per heavy atom. The van der Waals surface area contributed by atoms with Gasteiger partial charge in [-0.25, -0.2) is 4.79 Å². The van der Waals surface area contributed by atoms with Gasteiger partial charge in [0, 0.05) is 7.11 Å². The van der Waals surface area contributed by atoms with E-state index in [2.05, 4.69) is 5.32 Å². The monoisotopic (exact) mass is 305 g/mol. The van der Waals surface area contributed by atoms with Crippen molar-refractivity contribution < 1.29 is 28.5 Å². The van der Waals surface area contributed by atoms with Crippen LogP contribution in [0.25, 0.3) is 0 Å². The number of hydrogen-bond acceptors (Lipinski definition) is 6. The first-order valence-electron chi connectivity index (χ1n) is 7.01. The Morgan fingerprint density at radius 3 is 2.57 bits per heavy atom. The Balaban J connectivity index is 2.58. The smallest absolute Gasteiger partial charge is 0.408 e. The van der Waals surface area contributed by atoms with Gasteiger partial charge in [0.25, 0.3) is 0 Å². The molecule has 1 aliphatic rings. The minimum Gasteiger partial charge on any atom is -0.444 e. The van der Waals surface area contributed by atoms with E-state index in [0.717, 1.165) is 0 Å². The highest BCUT2D eigenvalue weighted by Gasteiger charge is 2.38. The number of methoxy groups -OCH3 is 1. The summed E-state index contributed by atoms with van der Waals surface area (Å²) in [5.74, 6) is -0.667. The third-order valence-electron chi connectivity index (χ3n) is 2.68. The lowest BCUT2D eigenvalue weighted by Gasteiger charge is -2.27. The van der Waals surface area contributed by atoms with Crippen LogP contribution in [0.5, 0.6) is 0 Å². The van der Waals surface area contributed by atoms with E-state index in [1.54, 1.807) is 20.8 Å². The number of hydrogen-bond donors (Lipinski definition) is 1. The minimum atomic E-state index is -0.667. The zero-order chi connectivity index (χ0) is 16.1. The van der Waals surface area contributed by atoms with Gasteiger partial charge >= 0.3 is 6.09 Å². The van der Waals surface area contributed by atoms with Crippen LogP contribution in [0.1, 0.15) is 34.6 Å². The fourth-order valence-corrected chi connectivity index (χ4v) is 1.87. The van der Waals surface area contributed by atoms with Crippen LogP contribution in [0, 0.1) is 0 Å². The van der Waals surface area contributed by atoms with Crippen LogP contribution in [0.4, 0.5) is 4.79 Å². The molecule has 1 saturated heterocycles. The van der Waals surface area contributed by atoms with Gasteiger partial charge in [-0.15, -0.1) is 0 Å². The van der Waals surface area contributed by atoms with Gasteiger partial charge in [0.15, 0.2) is 5.79 Å². The summed E-state index contributed by atoms with van der Waals surface area (Å²) in [6, 6.07) is -0.378. The molecule has 0 aliphatic carbocycles. The molecule has 1 fully saturated rings. The number of rotatable bonds is 6. The number of carbonyl (C=O) groups is 1. The van der Waals surface area contributed by atoms with Crippen molar-refractivity contribution in [2.75, 3.05) is 27.1 Å². The maximum Gasteiger partial charge on any atom is 0.408 e. The number of alkyl carbamates (subject to hydrolysis) is 1. The Kier molecular flexibility index (Phi) is 6.40. The topological polar surface area (TPSA) is 75.3 Å². The zero-order valence-electron chi connectivity index (χ0n) is 13.7. The van der Waals surface area contributed by atoms with Crippen molar-refractivity contribution in [1.29, 1.82) is 0 Å². The summed E-state index contributed by atoms with van der Waals surface area (Å²) in [5, 5.41) is 2.77. The van der Waals surface area contributed by atoms with E-state index in [1.165, 1.54) is 7.11 Å². The summed E-state index contributed by atoms with van der Waals surface area (Å²) < 4.78 is 26.7. The highest BCUT2D eigenvalue weighted by Crippen LogP contribution is 2.24. The first kappa shape index (κ1) is 18.2. The molecule has 2 atom stereocenters. The molecule has 1 aliphatic heterocycles. The van der Waals surface area contributed by atoms with Crippen molar-refractivity contribution in [3.8, 4) is 0 Å². The SMILES string of the molecule is COCOC[C@H](NC(=O)OC(C)(C)C)[C@H]1COC(C)(C)O1. The fourth-order valence-electron chi connectivity index (χ4n) is 1.87. The molecule has 1 amide bonds. The van der Waals surface area contributed by atoms with Crippen LogP contribution in [0.15, 0.2) is 0 Å². The van der Waals surface area contributed by atoms with E-state index in [9.17, 15) is 4.79 Å². The van der Waals surface area contributed by atoms with Gasteiger partial charge in [-0.3, -0.25) is 0 Å². The Bertz CT molecular complexity index is 339. The van der Waals surface area contributed by atoms with Crippen molar-refractivity contribution in [3.05, 3.63) is 0 Å². The van der Waals surface area contributed by atoms with E-state index in [0.29, 0.717) is 6.61 Å². The summed E-state index contributed by atoms with van der Waals surface area (Å²) in [5.41, 5.74) is -0.561. The molecular weight excluding hydrogens is 278 g/mol. The van der Waals surface area contributed by atoms with Crippen LogP contribution in [0.3, 0.4) is 0 Å². The summed E-state index contributed by atoms with van der Waals surface area (Å²) in [4.78, 5) is 11.9. The van der Waals surface area contributed by atoms with Crippen molar-refractivity contribution in [3.63, 3.8) is 0 Å². The van der Waals surface area contributed by atoms with Crippen molar-refractivity contribution in [1.82, 2.24) is 5.32 Å². The lowest BCUT2D eigenvalue weighted by atomic mass is 10.2. The molecule has 0 saturated carbocycles. The van der Waals surface area contributed by atoms with E-state index in [4.69, 9.17) is 23.7 Å². The van der Waals surface area contributed by atoms with Crippen LogP contribution >= 0.6 is 0 Å². The summed E-state index contributed by atoms with van der Waals surface area (Å²) in [7, 11) is 1.54. The first-order chi connectivity index (χ1) is 9.63. The van der Waals surface area contributed by atoms with Gasteiger partial charge in [-0.2, -0.15) is 0 Å². The van der Waals surface area contributed by atoms with Gasteiger partial charge in [0.1, 0.15) is 18.5 Å². The number of amides is 1. The molecule has 0 bridgehead atoms. The third-order valence-corrected chi connectivity index (χ3v) is 2.68. The van der Waals surface area contributed by atoms with Crippen molar-refractivity contribution >= 4 is 6.09 Å². The molecule has 0 aromatic carbocycles. The molecule has 7 nitrogen and oxygen atoms in total. The predicted molar refractivity (Wildman–Crippen MR) is 75.9 cm³/mol. The van der Waals surface area contributed by atoms with E-state index in [-0.39, 0.29) is 25.5 Å². The quantitative estimate of drug-likeness (QED) is 0.594. The molecule has 0 aromatic rings. The van der Waals surface area contributed by atoms with Crippen molar-refractivity contribution in [2.45, 2.75) is 58.2 Å². The molecule has 0 unspecified atom stereocenters. The standard InChI is InChI=1S/C14H27NO6/c1-13(2,3)21-12(16)15-10(7-18-9-17-6)11-8-19-14(4,5)20-11/h10-11H,7-9H2,1-6H3,(H,15,16)/t10-,11+/m0/s1. The highest BCUT2D eigenvalue weighted by molar-refractivity contribution is 5.68. The molecule has 0 aromatic heterocycles. The second kappa shape index (κ2) is 7.40. The molecule has 1 heterocycles. The minimum absolute atomic E-state index is 0.142. The van der Waals surface area contributed by atoms with E-state index >= 15 is 0 Å². The molecular formula is C14H27NO6. The Labute approximate surface area is 126 Å². The lowest BCUT2D eigenvalue weighted by molar-refractivity contribution is -0.145. The van der Waals surface area contributed by atoms with Gasteiger partial charge in [-0.1, -0.05) is 0 Å². The second-order valence-corrected chi connectivity index (χ2v) is 6.40. The maximum atomic E-state index is 11.9. The first-order valence-corrected chi connectivity index (χ1v) is 7.01. The van der Waals surface area contributed by atoms with Gasteiger partial charge < -0.3 is 29.0 Å². The van der Waals surface area contributed by atoms with Crippen LogP contribution in [-0.2, 0) is 23.7 Å². The fraction of sp³-hybridized carbons (Fsp3) is 0.929. The molecule has 7 heteroatoms. The van der Waals surface area contributed by atoms with E-state index in [1.807, 2.05) is 13.8 Å². The Morgan fingerprint density at radius 2 is 2.10 bits per heavy atom.